The van der Waals surface area contributed by atoms with Crippen LogP contribution in [0.4, 0.5) is 16.4 Å². The van der Waals surface area contributed by atoms with Gasteiger partial charge in [-0.2, -0.15) is 0 Å². The van der Waals surface area contributed by atoms with Crippen LogP contribution < -0.4 is 10.2 Å². The lowest BCUT2D eigenvalue weighted by atomic mass is 10.0. The SMILES string of the molecule is CNc1ncc(Br)nc1N1CCN(C(=O)OC(C)(C)C)C(Cc2ccccc2)C1. The van der Waals surface area contributed by atoms with Crippen molar-refractivity contribution < 1.29 is 9.53 Å². The van der Waals surface area contributed by atoms with E-state index in [9.17, 15) is 4.79 Å². The zero-order chi connectivity index (χ0) is 21.0. The molecule has 7 nitrogen and oxygen atoms in total. The minimum atomic E-state index is -0.527. The van der Waals surface area contributed by atoms with E-state index >= 15 is 0 Å². The summed E-state index contributed by atoms with van der Waals surface area (Å²) in [5, 5.41) is 3.11. The fraction of sp³-hybridized carbons (Fsp3) is 0.476. The smallest absolute Gasteiger partial charge is 0.410 e. The molecular weight excluding hydrogens is 434 g/mol. The van der Waals surface area contributed by atoms with E-state index in [0.717, 1.165) is 18.1 Å². The van der Waals surface area contributed by atoms with Gasteiger partial charge in [-0.1, -0.05) is 30.3 Å². The van der Waals surface area contributed by atoms with Gasteiger partial charge in [0.2, 0.25) is 0 Å². The first-order valence-electron chi connectivity index (χ1n) is 9.75. The first-order chi connectivity index (χ1) is 13.8. The fourth-order valence-corrected chi connectivity index (χ4v) is 3.70. The molecule has 0 aliphatic carbocycles. The summed E-state index contributed by atoms with van der Waals surface area (Å²) in [5.74, 6) is 1.50. The number of aromatic nitrogens is 2. The van der Waals surface area contributed by atoms with Crippen LogP contribution in [-0.4, -0.2) is 59.3 Å². The number of amides is 1. The molecule has 1 aliphatic heterocycles. The van der Waals surface area contributed by atoms with Gasteiger partial charge in [-0.05, 0) is 48.7 Å². The van der Waals surface area contributed by atoms with Gasteiger partial charge in [0.25, 0.3) is 0 Å². The lowest BCUT2D eigenvalue weighted by Crippen LogP contribution is -2.57. The van der Waals surface area contributed by atoms with E-state index in [4.69, 9.17) is 4.74 Å². The van der Waals surface area contributed by atoms with Crippen molar-refractivity contribution in [2.45, 2.75) is 38.8 Å². The minimum absolute atomic E-state index is 0.0357. The fourth-order valence-electron chi connectivity index (χ4n) is 3.42. The predicted molar refractivity (Wildman–Crippen MR) is 118 cm³/mol. The predicted octanol–water partition coefficient (Wildman–Crippen LogP) is 3.95. The van der Waals surface area contributed by atoms with Crippen molar-refractivity contribution in [3.63, 3.8) is 0 Å². The zero-order valence-electron chi connectivity index (χ0n) is 17.4. The highest BCUT2D eigenvalue weighted by molar-refractivity contribution is 9.10. The molecule has 8 heteroatoms. The van der Waals surface area contributed by atoms with Gasteiger partial charge in [-0.3, -0.25) is 0 Å². The Kier molecular flexibility index (Phi) is 6.62. The number of hydrogen-bond acceptors (Lipinski definition) is 6. The van der Waals surface area contributed by atoms with E-state index in [0.29, 0.717) is 24.2 Å². The first-order valence-corrected chi connectivity index (χ1v) is 10.5. The number of nitrogens with one attached hydrogen (secondary N) is 1. The number of benzene rings is 1. The summed E-state index contributed by atoms with van der Waals surface area (Å²) in [6.07, 6.45) is 2.15. The topological polar surface area (TPSA) is 70.6 Å². The quantitative estimate of drug-likeness (QED) is 0.742. The molecule has 1 atom stereocenters. The maximum absolute atomic E-state index is 12.9. The van der Waals surface area contributed by atoms with Crippen molar-refractivity contribution in [2.24, 2.45) is 0 Å². The van der Waals surface area contributed by atoms with Crippen molar-refractivity contribution in [2.75, 3.05) is 36.9 Å². The Labute approximate surface area is 180 Å². The second-order valence-electron chi connectivity index (χ2n) is 8.08. The maximum Gasteiger partial charge on any atom is 0.410 e. The standard InChI is InChI=1S/C21H28BrN5O2/c1-21(2,3)29-20(28)27-11-10-26(19-18(23-4)24-13-17(22)25-19)14-16(27)12-15-8-6-5-7-9-15/h5-9,13,16H,10-12,14H2,1-4H3,(H,23,24). The number of carbonyl (C=O) groups excluding carboxylic acids is 1. The molecule has 1 N–H and O–H groups in total. The van der Waals surface area contributed by atoms with Crippen LogP contribution >= 0.6 is 15.9 Å². The third-order valence-electron chi connectivity index (χ3n) is 4.69. The number of nitrogens with zero attached hydrogens (tertiary/aromatic N) is 4. The lowest BCUT2D eigenvalue weighted by Gasteiger charge is -2.42. The highest BCUT2D eigenvalue weighted by atomic mass is 79.9. The van der Waals surface area contributed by atoms with E-state index in [2.05, 4.69) is 48.2 Å². The van der Waals surface area contributed by atoms with E-state index in [-0.39, 0.29) is 12.1 Å². The van der Waals surface area contributed by atoms with Gasteiger partial charge in [0.15, 0.2) is 11.6 Å². The Hall–Kier alpha value is -2.35. The van der Waals surface area contributed by atoms with Crippen LogP contribution in [0.3, 0.4) is 0 Å². The van der Waals surface area contributed by atoms with Gasteiger partial charge < -0.3 is 19.9 Å². The molecule has 1 aromatic heterocycles. The van der Waals surface area contributed by atoms with Crippen LogP contribution in [0, 0.1) is 0 Å². The summed E-state index contributed by atoms with van der Waals surface area (Å²) >= 11 is 3.42. The Bertz CT molecular complexity index is 841. The molecule has 1 saturated heterocycles. The summed E-state index contributed by atoms with van der Waals surface area (Å²) in [6.45, 7) is 7.54. The Morgan fingerprint density at radius 3 is 2.66 bits per heavy atom. The molecule has 2 aromatic rings. The van der Waals surface area contributed by atoms with E-state index in [1.54, 1.807) is 6.20 Å². The Morgan fingerprint density at radius 2 is 2.00 bits per heavy atom. The molecule has 1 amide bonds. The summed E-state index contributed by atoms with van der Waals surface area (Å²) in [6, 6.07) is 10.2. The average Bonchev–Trinajstić information content (AvgIpc) is 2.67. The third-order valence-corrected chi connectivity index (χ3v) is 5.07. The van der Waals surface area contributed by atoms with E-state index < -0.39 is 5.60 Å². The summed E-state index contributed by atoms with van der Waals surface area (Å²) in [7, 11) is 1.83. The van der Waals surface area contributed by atoms with Gasteiger partial charge >= 0.3 is 6.09 Å². The minimum Gasteiger partial charge on any atom is -0.444 e. The van der Waals surface area contributed by atoms with Crippen LogP contribution in [0.15, 0.2) is 41.1 Å². The molecule has 3 rings (SSSR count). The molecule has 0 saturated carbocycles. The monoisotopic (exact) mass is 461 g/mol. The number of piperazine rings is 1. The molecular formula is C21H28BrN5O2. The molecule has 1 unspecified atom stereocenters. The van der Waals surface area contributed by atoms with Crippen molar-refractivity contribution in [1.29, 1.82) is 0 Å². The van der Waals surface area contributed by atoms with Crippen LogP contribution in [0.2, 0.25) is 0 Å². The summed E-state index contributed by atoms with van der Waals surface area (Å²) in [5.41, 5.74) is 0.655. The van der Waals surface area contributed by atoms with Gasteiger partial charge in [-0.15, -0.1) is 0 Å². The van der Waals surface area contributed by atoms with Crippen LogP contribution in [0.5, 0.6) is 0 Å². The van der Waals surface area contributed by atoms with Gasteiger partial charge in [-0.25, -0.2) is 14.8 Å². The normalized spacial score (nSPS) is 17.2. The molecule has 1 aliphatic rings. The highest BCUT2D eigenvalue weighted by Gasteiger charge is 2.34. The molecule has 2 heterocycles. The van der Waals surface area contributed by atoms with Crippen molar-refractivity contribution in [3.05, 3.63) is 46.7 Å². The molecule has 1 aromatic carbocycles. The lowest BCUT2D eigenvalue weighted by molar-refractivity contribution is 0.0141. The van der Waals surface area contributed by atoms with Crippen LogP contribution in [0.1, 0.15) is 26.3 Å². The van der Waals surface area contributed by atoms with Crippen molar-refractivity contribution in [3.8, 4) is 0 Å². The average molecular weight is 462 g/mol. The number of anilines is 2. The van der Waals surface area contributed by atoms with Crippen molar-refractivity contribution >= 4 is 33.7 Å². The van der Waals surface area contributed by atoms with Gasteiger partial charge in [0.05, 0.1) is 12.2 Å². The number of carbonyl (C=O) groups is 1. The van der Waals surface area contributed by atoms with E-state index in [1.165, 1.54) is 5.56 Å². The summed E-state index contributed by atoms with van der Waals surface area (Å²) in [4.78, 5) is 25.9. The van der Waals surface area contributed by atoms with Crippen LogP contribution in [-0.2, 0) is 11.2 Å². The van der Waals surface area contributed by atoms with Gasteiger partial charge in [0.1, 0.15) is 10.2 Å². The second kappa shape index (κ2) is 8.98. The Morgan fingerprint density at radius 1 is 1.28 bits per heavy atom. The number of hydrogen-bond donors (Lipinski definition) is 1. The molecule has 0 spiro atoms. The molecule has 156 valence electrons. The first kappa shape index (κ1) is 21.4. The second-order valence-corrected chi connectivity index (χ2v) is 8.89. The van der Waals surface area contributed by atoms with Crippen molar-refractivity contribution in [1.82, 2.24) is 14.9 Å². The Balaban J connectivity index is 1.86. The number of ether oxygens (including phenoxy) is 1. The van der Waals surface area contributed by atoms with E-state index in [1.807, 2.05) is 50.9 Å². The number of rotatable bonds is 4. The summed E-state index contributed by atoms with van der Waals surface area (Å²) < 4.78 is 6.35. The third kappa shape index (κ3) is 5.59. The highest BCUT2D eigenvalue weighted by Crippen LogP contribution is 2.27. The molecule has 29 heavy (non-hydrogen) atoms. The van der Waals surface area contributed by atoms with Crippen LogP contribution in [0.25, 0.3) is 0 Å². The molecule has 0 radical (unpaired) electrons. The maximum atomic E-state index is 12.9. The molecule has 0 bridgehead atoms. The van der Waals surface area contributed by atoms with Gasteiger partial charge in [0, 0.05) is 26.7 Å². The molecule has 1 fully saturated rings. The largest absolute Gasteiger partial charge is 0.444 e. The zero-order valence-corrected chi connectivity index (χ0v) is 18.9. The number of halogens is 1.